The Kier molecular flexibility index (Phi) is 2.29. The van der Waals surface area contributed by atoms with Crippen molar-refractivity contribution in [2.75, 3.05) is 0 Å². The van der Waals surface area contributed by atoms with Crippen molar-refractivity contribution in [3.05, 3.63) is 27.7 Å². The van der Waals surface area contributed by atoms with Crippen LogP contribution >= 0.6 is 23.2 Å². The molecule has 0 radical (unpaired) electrons. The minimum atomic E-state index is -1.23. The highest BCUT2D eigenvalue weighted by atomic mass is 35.5. The number of halogens is 2. The standard InChI is InChI=1S/C10H7Cl2N3O2/c11-5-1-2-6-4(7(5)12)3-15-9(17)8(16)14-10(15)13-6/h1-2,9,17H,3H2,(H,13,14,16)/t9-/m1/s1. The van der Waals surface area contributed by atoms with Crippen LogP contribution in [0.2, 0.25) is 10.0 Å². The molecule has 0 unspecified atom stereocenters. The van der Waals surface area contributed by atoms with Gasteiger partial charge in [-0.25, -0.2) is 4.99 Å². The predicted octanol–water partition coefficient (Wildman–Crippen LogP) is 1.24. The zero-order chi connectivity index (χ0) is 12.2. The molecular weight excluding hydrogens is 265 g/mol. The monoisotopic (exact) mass is 271 g/mol. The van der Waals surface area contributed by atoms with Crippen molar-refractivity contribution < 1.29 is 9.90 Å². The molecular formula is C10H7Cl2N3O2. The molecule has 2 aliphatic rings. The van der Waals surface area contributed by atoms with E-state index in [1.54, 1.807) is 12.1 Å². The lowest BCUT2D eigenvalue weighted by Crippen LogP contribution is -2.36. The molecule has 1 atom stereocenters. The van der Waals surface area contributed by atoms with E-state index in [1.165, 1.54) is 4.90 Å². The van der Waals surface area contributed by atoms with E-state index in [-0.39, 0.29) is 0 Å². The molecule has 3 rings (SSSR count). The second-order valence-corrected chi connectivity index (χ2v) is 4.57. The van der Waals surface area contributed by atoms with Crippen molar-refractivity contribution >= 4 is 40.8 Å². The number of carbonyl (C=O) groups is 1. The molecule has 0 bridgehead atoms. The lowest BCUT2D eigenvalue weighted by molar-refractivity contribution is -0.130. The van der Waals surface area contributed by atoms with Crippen LogP contribution < -0.4 is 5.32 Å². The molecule has 1 saturated heterocycles. The van der Waals surface area contributed by atoms with Gasteiger partial charge in [0.2, 0.25) is 12.2 Å². The van der Waals surface area contributed by atoms with Crippen LogP contribution in [0.3, 0.4) is 0 Å². The molecule has 5 nitrogen and oxygen atoms in total. The molecule has 2 aliphatic heterocycles. The molecule has 7 heteroatoms. The third-order valence-corrected chi connectivity index (χ3v) is 3.61. The van der Waals surface area contributed by atoms with Crippen LogP contribution in [0.15, 0.2) is 17.1 Å². The second-order valence-electron chi connectivity index (χ2n) is 3.79. The first kappa shape index (κ1) is 10.8. The lowest BCUT2D eigenvalue weighted by atomic mass is 10.1. The minimum absolute atomic E-state index is 0.299. The summed E-state index contributed by atoms with van der Waals surface area (Å²) in [6.07, 6.45) is -1.23. The van der Waals surface area contributed by atoms with E-state index in [4.69, 9.17) is 23.2 Å². The van der Waals surface area contributed by atoms with Crippen molar-refractivity contribution in [1.29, 1.82) is 0 Å². The quantitative estimate of drug-likeness (QED) is 0.747. The Balaban J connectivity index is 2.12. The topological polar surface area (TPSA) is 64.9 Å². The van der Waals surface area contributed by atoms with E-state index in [9.17, 15) is 9.90 Å². The van der Waals surface area contributed by atoms with Gasteiger partial charge in [0.25, 0.3) is 5.91 Å². The zero-order valence-corrected chi connectivity index (χ0v) is 9.96. The summed E-state index contributed by atoms with van der Waals surface area (Å²) in [5, 5.41) is 13.0. The highest BCUT2D eigenvalue weighted by Gasteiger charge is 2.38. The lowest BCUT2D eigenvalue weighted by Gasteiger charge is -2.25. The van der Waals surface area contributed by atoms with Crippen molar-refractivity contribution in [3.8, 4) is 0 Å². The van der Waals surface area contributed by atoms with Gasteiger partial charge < -0.3 is 10.0 Å². The Morgan fingerprint density at radius 2 is 2.24 bits per heavy atom. The number of nitrogens with one attached hydrogen (secondary N) is 1. The minimum Gasteiger partial charge on any atom is -0.365 e. The number of hydrogen-bond acceptors (Lipinski definition) is 4. The Labute approximate surface area is 107 Å². The van der Waals surface area contributed by atoms with E-state index in [0.717, 1.165) is 0 Å². The summed E-state index contributed by atoms with van der Waals surface area (Å²) < 4.78 is 0. The molecule has 2 heterocycles. The Morgan fingerprint density at radius 3 is 3.00 bits per heavy atom. The number of nitrogens with zero attached hydrogens (tertiary/aromatic N) is 2. The number of amides is 1. The number of fused-ring (bicyclic) bond motifs is 2. The van der Waals surface area contributed by atoms with E-state index >= 15 is 0 Å². The van der Waals surface area contributed by atoms with Gasteiger partial charge in [-0.1, -0.05) is 23.2 Å². The average Bonchev–Trinajstić information content (AvgIpc) is 2.58. The summed E-state index contributed by atoms with van der Waals surface area (Å²) in [7, 11) is 0. The molecule has 17 heavy (non-hydrogen) atoms. The van der Waals surface area contributed by atoms with Gasteiger partial charge in [0.15, 0.2) is 0 Å². The summed E-state index contributed by atoms with van der Waals surface area (Å²) in [6, 6.07) is 3.38. The third-order valence-electron chi connectivity index (χ3n) is 2.76. The molecule has 0 saturated carbocycles. The zero-order valence-electron chi connectivity index (χ0n) is 8.44. The Morgan fingerprint density at radius 1 is 1.47 bits per heavy atom. The molecule has 0 aromatic heterocycles. The van der Waals surface area contributed by atoms with E-state index < -0.39 is 12.1 Å². The Hall–Kier alpha value is -1.30. The number of aliphatic hydroxyl groups excluding tert-OH is 1. The number of carbonyl (C=O) groups excluding carboxylic acids is 1. The smallest absolute Gasteiger partial charge is 0.276 e. The second kappa shape index (κ2) is 3.60. The van der Waals surface area contributed by atoms with Crippen LogP contribution in [0.5, 0.6) is 0 Å². The summed E-state index contributed by atoms with van der Waals surface area (Å²) in [5.41, 5.74) is 1.36. The fourth-order valence-electron chi connectivity index (χ4n) is 1.88. The van der Waals surface area contributed by atoms with E-state index in [2.05, 4.69) is 10.3 Å². The molecule has 1 fully saturated rings. The number of aliphatic hydroxyl groups is 1. The summed E-state index contributed by atoms with van der Waals surface area (Å²) >= 11 is 12.0. The van der Waals surface area contributed by atoms with Gasteiger partial charge in [-0.05, 0) is 12.1 Å². The van der Waals surface area contributed by atoms with Crippen LogP contribution in [0.1, 0.15) is 5.56 Å². The van der Waals surface area contributed by atoms with Gasteiger partial charge in [-0.3, -0.25) is 10.1 Å². The highest BCUT2D eigenvalue weighted by Crippen LogP contribution is 2.37. The highest BCUT2D eigenvalue weighted by molar-refractivity contribution is 6.42. The first-order valence-electron chi connectivity index (χ1n) is 4.89. The van der Waals surface area contributed by atoms with Crippen LogP contribution in [0, 0.1) is 0 Å². The van der Waals surface area contributed by atoms with Crippen LogP contribution in [-0.2, 0) is 11.3 Å². The molecule has 1 aromatic carbocycles. The molecule has 0 spiro atoms. The van der Waals surface area contributed by atoms with Crippen LogP contribution in [0.4, 0.5) is 5.69 Å². The molecule has 88 valence electrons. The van der Waals surface area contributed by atoms with Crippen molar-refractivity contribution in [2.24, 2.45) is 4.99 Å². The van der Waals surface area contributed by atoms with E-state index in [1.807, 2.05) is 0 Å². The predicted molar refractivity (Wildman–Crippen MR) is 63.2 cm³/mol. The van der Waals surface area contributed by atoms with Gasteiger partial charge in [0, 0.05) is 5.56 Å². The summed E-state index contributed by atoms with van der Waals surface area (Å²) in [4.78, 5) is 17.0. The maximum Gasteiger partial charge on any atom is 0.276 e. The third kappa shape index (κ3) is 1.50. The number of rotatable bonds is 0. The van der Waals surface area contributed by atoms with Gasteiger partial charge in [-0.15, -0.1) is 0 Å². The molecule has 2 N–H and O–H groups in total. The van der Waals surface area contributed by atoms with Crippen LogP contribution in [-0.4, -0.2) is 28.1 Å². The number of guanidine groups is 1. The normalized spacial score (nSPS) is 21.8. The molecule has 1 amide bonds. The SMILES string of the molecule is O=C1NC2=Nc3ccc(Cl)c(Cl)c3CN2[C@@H]1O. The maximum absolute atomic E-state index is 11.3. The number of benzene rings is 1. The Bertz CT molecular complexity index is 559. The largest absolute Gasteiger partial charge is 0.365 e. The maximum atomic E-state index is 11.3. The fourth-order valence-corrected chi connectivity index (χ4v) is 2.28. The van der Waals surface area contributed by atoms with Gasteiger partial charge in [0.05, 0.1) is 22.3 Å². The van der Waals surface area contributed by atoms with Crippen molar-refractivity contribution in [3.63, 3.8) is 0 Å². The number of hydrogen-bond donors (Lipinski definition) is 2. The van der Waals surface area contributed by atoms with E-state index in [0.29, 0.717) is 33.8 Å². The van der Waals surface area contributed by atoms with Gasteiger partial charge in [0.1, 0.15) is 0 Å². The first-order chi connectivity index (χ1) is 8.08. The fraction of sp³-hybridized carbons (Fsp3) is 0.200. The molecule has 0 aliphatic carbocycles. The van der Waals surface area contributed by atoms with Gasteiger partial charge in [-0.2, -0.15) is 0 Å². The molecule has 1 aromatic rings. The van der Waals surface area contributed by atoms with Crippen molar-refractivity contribution in [2.45, 2.75) is 12.8 Å². The van der Waals surface area contributed by atoms with Gasteiger partial charge >= 0.3 is 0 Å². The van der Waals surface area contributed by atoms with Crippen LogP contribution in [0.25, 0.3) is 0 Å². The summed E-state index contributed by atoms with van der Waals surface area (Å²) in [5.74, 6) is -0.146. The first-order valence-corrected chi connectivity index (χ1v) is 5.64. The average molecular weight is 272 g/mol. The summed E-state index contributed by atoms with van der Waals surface area (Å²) in [6.45, 7) is 0.299. The number of aliphatic imine (C=N–C) groups is 1. The van der Waals surface area contributed by atoms with Crippen molar-refractivity contribution in [1.82, 2.24) is 10.2 Å².